The molecule has 0 aromatic carbocycles. The molecule has 0 heterocycles. The van der Waals surface area contributed by atoms with Crippen LogP contribution < -0.4 is 0 Å². The van der Waals surface area contributed by atoms with Crippen LogP contribution in [0, 0.1) is 0 Å². The van der Waals surface area contributed by atoms with E-state index in [0.29, 0.717) is 13.2 Å². The minimum absolute atomic E-state index is 0.0523. The van der Waals surface area contributed by atoms with Gasteiger partial charge in [-0.05, 0) is 20.8 Å². The molecule has 8 nitrogen and oxygen atoms in total. The van der Waals surface area contributed by atoms with Crippen molar-refractivity contribution in [2.24, 2.45) is 0 Å². The SMILES string of the molecule is CCOCCOC(=O)[C@H](C)OC(=O)/C(=C/C(=O)O)CCOCC. The summed E-state index contributed by atoms with van der Waals surface area (Å²) in [7, 11) is 0. The lowest BCUT2D eigenvalue weighted by molar-refractivity contribution is -0.165. The lowest BCUT2D eigenvalue weighted by Crippen LogP contribution is -2.28. The van der Waals surface area contributed by atoms with E-state index in [1.54, 1.807) is 6.92 Å². The molecule has 0 rings (SSSR count). The molecule has 23 heavy (non-hydrogen) atoms. The fraction of sp³-hybridized carbons (Fsp3) is 0.667. The number of carboxylic acid groups (broad SMARTS) is 1. The van der Waals surface area contributed by atoms with E-state index in [4.69, 9.17) is 24.1 Å². The zero-order valence-electron chi connectivity index (χ0n) is 13.7. The minimum Gasteiger partial charge on any atom is -0.478 e. The van der Waals surface area contributed by atoms with E-state index < -0.39 is 24.0 Å². The van der Waals surface area contributed by atoms with E-state index in [1.165, 1.54) is 6.92 Å². The molecular formula is C15H24O8. The van der Waals surface area contributed by atoms with E-state index in [9.17, 15) is 14.4 Å². The van der Waals surface area contributed by atoms with Crippen LogP contribution >= 0.6 is 0 Å². The van der Waals surface area contributed by atoms with E-state index in [2.05, 4.69) is 0 Å². The van der Waals surface area contributed by atoms with Crippen molar-refractivity contribution in [3.63, 3.8) is 0 Å². The number of rotatable bonds is 12. The average molecular weight is 332 g/mol. The highest BCUT2D eigenvalue weighted by atomic mass is 16.6. The summed E-state index contributed by atoms with van der Waals surface area (Å²) in [5.74, 6) is -2.89. The minimum atomic E-state index is -1.28. The molecule has 0 spiro atoms. The summed E-state index contributed by atoms with van der Waals surface area (Å²) < 4.78 is 19.9. The van der Waals surface area contributed by atoms with Gasteiger partial charge in [-0.15, -0.1) is 0 Å². The van der Waals surface area contributed by atoms with Crippen LogP contribution in [-0.4, -0.2) is 62.2 Å². The first-order valence-electron chi connectivity index (χ1n) is 7.38. The molecule has 132 valence electrons. The van der Waals surface area contributed by atoms with Gasteiger partial charge in [0.05, 0.1) is 13.2 Å². The molecule has 0 aliphatic carbocycles. The Morgan fingerprint density at radius 3 is 2.22 bits per heavy atom. The molecule has 0 aromatic rings. The fourth-order valence-corrected chi connectivity index (χ4v) is 1.46. The molecule has 0 saturated heterocycles. The van der Waals surface area contributed by atoms with Crippen LogP contribution in [0.5, 0.6) is 0 Å². The molecule has 1 atom stereocenters. The van der Waals surface area contributed by atoms with Crippen LogP contribution in [0.15, 0.2) is 11.6 Å². The molecule has 0 bridgehead atoms. The van der Waals surface area contributed by atoms with Gasteiger partial charge in [0.1, 0.15) is 6.61 Å². The number of aliphatic carboxylic acids is 1. The monoisotopic (exact) mass is 332 g/mol. The molecule has 0 aliphatic rings. The van der Waals surface area contributed by atoms with E-state index in [0.717, 1.165) is 6.08 Å². The van der Waals surface area contributed by atoms with Crippen LogP contribution in [0.25, 0.3) is 0 Å². The normalized spacial score (nSPS) is 12.6. The van der Waals surface area contributed by atoms with Crippen molar-refractivity contribution in [3.05, 3.63) is 11.6 Å². The van der Waals surface area contributed by atoms with Gasteiger partial charge in [-0.1, -0.05) is 0 Å². The zero-order chi connectivity index (χ0) is 17.7. The zero-order valence-corrected chi connectivity index (χ0v) is 13.7. The Balaban J connectivity index is 4.47. The van der Waals surface area contributed by atoms with Gasteiger partial charge >= 0.3 is 17.9 Å². The number of carbonyl (C=O) groups is 3. The quantitative estimate of drug-likeness (QED) is 0.319. The second-order valence-corrected chi connectivity index (χ2v) is 4.37. The highest BCUT2D eigenvalue weighted by Gasteiger charge is 2.22. The van der Waals surface area contributed by atoms with Crippen LogP contribution in [0.3, 0.4) is 0 Å². The molecular weight excluding hydrogens is 308 g/mol. The average Bonchev–Trinajstić information content (AvgIpc) is 2.50. The number of hydrogen-bond acceptors (Lipinski definition) is 7. The first-order chi connectivity index (χ1) is 10.9. The first-order valence-corrected chi connectivity index (χ1v) is 7.38. The smallest absolute Gasteiger partial charge is 0.347 e. The highest BCUT2D eigenvalue weighted by Crippen LogP contribution is 2.08. The van der Waals surface area contributed by atoms with Crippen molar-refractivity contribution in [2.75, 3.05) is 33.0 Å². The standard InChI is InChI=1S/C15H24O8/c1-4-20-7-6-12(10-13(16)17)15(19)23-11(3)14(18)22-9-8-21-5-2/h10-11H,4-9H2,1-3H3,(H,16,17)/b12-10+/t11-/m0/s1. The Kier molecular flexibility index (Phi) is 11.5. The predicted octanol–water partition coefficient (Wildman–Crippen LogP) is 0.935. The van der Waals surface area contributed by atoms with Gasteiger partial charge in [-0.25, -0.2) is 14.4 Å². The van der Waals surface area contributed by atoms with Gasteiger partial charge in [0.2, 0.25) is 0 Å². The van der Waals surface area contributed by atoms with Gasteiger partial charge in [0.15, 0.2) is 6.10 Å². The second-order valence-electron chi connectivity index (χ2n) is 4.37. The number of ether oxygens (including phenoxy) is 4. The molecule has 0 amide bonds. The lowest BCUT2D eigenvalue weighted by atomic mass is 10.2. The maximum Gasteiger partial charge on any atom is 0.347 e. The summed E-state index contributed by atoms with van der Waals surface area (Å²) in [4.78, 5) is 34.3. The topological polar surface area (TPSA) is 108 Å². The second kappa shape index (κ2) is 12.6. The van der Waals surface area contributed by atoms with Crippen LogP contribution in [0.1, 0.15) is 27.2 Å². The molecule has 0 aromatic heterocycles. The van der Waals surface area contributed by atoms with Gasteiger partial charge in [0.25, 0.3) is 0 Å². The van der Waals surface area contributed by atoms with Crippen molar-refractivity contribution in [3.8, 4) is 0 Å². The van der Waals surface area contributed by atoms with Crippen LogP contribution in [-0.2, 0) is 33.3 Å². The highest BCUT2D eigenvalue weighted by molar-refractivity contribution is 5.96. The molecule has 0 aliphatic heterocycles. The number of hydrogen-bond donors (Lipinski definition) is 1. The maximum absolute atomic E-state index is 11.9. The van der Waals surface area contributed by atoms with Crippen molar-refractivity contribution in [1.82, 2.24) is 0 Å². The van der Waals surface area contributed by atoms with Gasteiger partial charge in [-0.2, -0.15) is 0 Å². The van der Waals surface area contributed by atoms with Crippen LogP contribution in [0.4, 0.5) is 0 Å². The first kappa shape index (κ1) is 21.1. The summed E-state index contributed by atoms with van der Waals surface area (Å²) in [5, 5.41) is 8.77. The molecule has 0 saturated carbocycles. The van der Waals surface area contributed by atoms with Gasteiger partial charge in [-0.3, -0.25) is 0 Å². The third-order valence-electron chi connectivity index (χ3n) is 2.57. The summed E-state index contributed by atoms with van der Waals surface area (Å²) in [6.45, 7) is 6.37. The van der Waals surface area contributed by atoms with Crippen molar-refractivity contribution in [2.45, 2.75) is 33.3 Å². The van der Waals surface area contributed by atoms with E-state index in [1.807, 2.05) is 6.92 Å². The molecule has 8 heteroatoms. The molecule has 1 N–H and O–H groups in total. The third-order valence-corrected chi connectivity index (χ3v) is 2.57. The van der Waals surface area contributed by atoms with Crippen LogP contribution in [0.2, 0.25) is 0 Å². The van der Waals surface area contributed by atoms with E-state index in [-0.39, 0.29) is 31.8 Å². The summed E-state index contributed by atoms with van der Waals surface area (Å²) >= 11 is 0. The summed E-state index contributed by atoms with van der Waals surface area (Å²) in [6, 6.07) is 0. The summed E-state index contributed by atoms with van der Waals surface area (Å²) in [6.07, 6.45) is -0.326. The Morgan fingerprint density at radius 1 is 1.04 bits per heavy atom. The molecule has 0 unspecified atom stereocenters. The lowest BCUT2D eigenvalue weighted by Gasteiger charge is -2.14. The third kappa shape index (κ3) is 10.4. The Bertz CT molecular complexity index is 416. The number of carboxylic acids is 1. The Labute approximate surface area is 135 Å². The summed E-state index contributed by atoms with van der Waals surface area (Å²) in [5.41, 5.74) is -0.0834. The maximum atomic E-state index is 11.9. The largest absolute Gasteiger partial charge is 0.478 e. The Hall–Kier alpha value is -1.93. The Morgan fingerprint density at radius 2 is 1.65 bits per heavy atom. The number of esters is 2. The predicted molar refractivity (Wildman–Crippen MR) is 79.8 cm³/mol. The van der Waals surface area contributed by atoms with E-state index >= 15 is 0 Å². The van der Waals surface area contributed by atoms with Gasteiger partial charge in [0, 0.05) is 31.3 Å². The number of carbonyl (C=O) groups excluding carboxylic acids is 2. The molecule has 0 fully saturated rings. The fourth-order valence-electron chi connectivity index (χ4n) is 1.46. The van der Waals surface area contributed by atoms with Crippen molar-refractivity contribution < 1.29 is 38.4 Å². The van der Waals surface area contributed by atoms with Gasteiger partial charge < -0.3 is 24.1 Å². The molecule has 0 radical (unpaired) electrons. The van der Waals surface area contributed by atoms with Crippen molar-refractivity contribution >= 4 is 17.9 Å². The van der Waals surface area contributed by atoms with Crippen molar-refractivity contribution in [1.29, 1.82) is 0 Å².